The summed E-state index contributed by atoms with van der Waals surface area (Å²) in [6.45, 7) is 0. The topological polar surface area (TPSA) is 75.8 Å². The average Bonchev–Trinajstić information content (AvgIpc) is 3.24. The molecular formula is C24H15N3O2. The lowest BCUT2D eigenvalue weighted by molar-refractivity contribution is 0.100. The standard InChI is InChI=1S/C24H15N3O2/c25-15-17-11-13-20(14-12-17)27-16-21(23(28)18-7-3-1-4-8-18)22(26-27)24(29)19-9-5-2-6-10-19/h1-14,16H. The zero-order valence-electron chi connectivity index (χ0n) is 15.3. The van der Waals surface area contributed by atoms with E-state index in [2.05, 4.69) is 11.2 Å². The van der Waals surface area contributed by atoms with Gasteiger partial charge in [0, 0.05) is 17.3 Å². The van der Waals surface area contributed by atoms with Crippen molar-refractivity contribution >= 4 is 11.6 Å². The number of hydrogen-bond donors (Lipinski definition) is 0. The normalized spacial score (nSPS) is 10.3. The van der Waals surface area contributed by atoms with Gasteiger partial charge in [-0.2, -0.15) is 10.4 Å². The zero-order valence-corrected chi connectivity index (χ0v) is 15.3. The summed E-state index contributed by atoms with van der Waals surface area (Å²) >= 11 is 0. The Morgan fingerprint density at radius 1 is 0.759 bits per heavy atom. The largest absolute Gasteiger partial charge is 0.288 e. The van der Waals surface area contributed by atoms with Gasteiger partial charge in [-0.05, 0) is 24.3 Å². The van der Waals surface area contributed by atoms with E-state index in [-0.39, 0.29) is 22.8 Å². The Kier molecular flexibility index (Phi) is 4.83. The second kappa shape index (κ2) is 7.75. The predicted molar refractivity (Wildman–Crippen MR) is 108 cm³/mol. The molecule has 0 saturated heterocycles. The van der Waals surface area contributed by atoms with Crippen LogP contribution >= 0.6 is 0 Å². The van der Waals surface area contributed by atoms with Gasteiger partial charge in [0.15, 0.2) is 5.78 Å². The summed E-state index contributed by atoms with van der Waals surface area (Å²) in [5.74, 6) is -0.595. The summed E-state index contributed by atoms with van der Waals surface area (Å²) in [6.07, 6.45) is 1.56. The third-order valence-corrected chi connectivity index (χ3v) is 4.51. The first-order valence-electron chi connectivity index (χ1n) is 8.97. The molecule has 138 valence electrons. The van der Waals surface area contributed by atoms with E-state index >= 15 is 0 Å². The van der Waals surface area contributed by atoms with Gasteiger partial charge in [-0.15, -0.1) is 0 Å². The van der Waals surface area contributed by atoms with Crippen molar-refractivity contribution in [3.63, 3.8) is 0 Å². The number of carbonyl (C=O) groups is 2. The summed E-state index contributed by atoms with van der Waals surface area (Å²) in [5.41, 5.74) is 2.43. The first-order valence-corrected chi connectivity index (χ1v) is 8.97. The smallest absolute Gasteiger partial charge is 0.214 e. The van der Waals surface area contributed by atoms with Crippen molar-refractivity contribution in [1.82, 2.24) is 9.78 Å². The number of hydrogen-bond acceptors (Lipinski definition) is 4. The molecule has 0 atom stereocenters. The molecule has 0 N–H and O–H groups in total. The third kappa shape index (κ3) is 3.60. The van der Waals surface area contributed by atoms with Gasteiger partial charge in [-0.25, -0.2) is 4.68 Å². The molecule has 1 heterocycles. The minimum Gasteiger partial charge on any atom is -0.288 e. The fourth-order valence-electron chi connectivity index (χ4n) is 3.00. The summed E-state index contributed by atoms with van der Waals surface area (Å²) in [6, 6.07) is 26.4. The van der Waals surface area contributed by atoms with Gasteiger partial charge in [0.25, 0.3) is 0 Å². The molecule has 5 heteroatoms. The van der Waals surface area contributed by atoms with Gasteiger partial charge in [0.1, 0.15) is 5.69 Å². The molecule has 0 fully saturated rings. The molecule has 0 saturated carbocycles. The van der Waals surface area contributed by atoms with E-state index in [1.165, 1.54) is 4.68 Å². The van der Waals surface area contributed by atoms with Crippen LogP contribution in [0.4, 0.5) is 0 Å². The molecule has 4 aromatic rings. The average molecular weight is 377 g/mol. The Labute approximate surface area is 167 Å². The number of rotatable bonds is 5. The second-order valence-electron chi connectivity index (χ2n) is 6.38. The summed E-state index contributed by atoms with van der Waals surface area (Å²) in [5, 5.41) is 13.4. The van der Waals surface area contributed by atoms with E-state index in [0.29, 0.717) is 22.4 Å². The Balaban J connectivity index is 1.83. The van der Waals surface area contributed by atoms with Crippen molar-refractivity contribution < 1.29 is 9.59 Å². The van der Waals surface area contributed by atoms with Gasteiger partial charge in [0.2, 0.25) is 5.78 Å². The highest BCUT2D eigenvalue weighted by Crippen LogP contribution is 2.20. The van der Waals surface area contributed by atoms with E-state index in [9.17, 15) is 9.59 Å². The predicted octanol–water partition coefficient (Wildman–Crippen LogP) is 4.21. The fourth-order valence-corrected chi connectivity index (χ4v) is 3.00. The molecule has 5 nitrogen and oxygen atoms in total. The molecule has 1 aromatic heterocycles. The Morgan fingerprint density at radius 3 is 1.86 bits per heavy atom. The summed E-state index contributed by atoms with van der Waals surface area (Å²) in [4.78, 5) is 26.2. The fraction of sp³-hybridized carbons (Fsp3) is 0. The van der Waals surface area contributed by atoms with Gasteiger partial charge < -0.3 is 0 Å². The van der Waals surface area contributed by atoms with Crippen LogP contribution in [0.15, 0.2) is 91.1 Å². The lowest BCUT2D eigenvalue weighted by Gasteiger charge is -2.02. The lowest BCUT2D eigenvalue weighted by atomic mass is 9.99. The van der Waals surface area contributed by atoms with Gasteiger partial charge >= 0.3 is 0 Å². The van der Waals surface area contributed by atoms with Crippen LogP contribution in [-0.2, 0) is 0 Å². The van der Waals surface area contributed by atoms with Gasteiger partial charge in [0.05, 0.1) is 22.9 Å². The Morgan fingerprint density at radius 2 is 1.31 bits per heavy atom. The summed E-state index contributed by atoms with van der Waals surface area (Å²) in [7, 11) is 0. The van der Waals surface area contributed by atoms with Crippen LogP contribution < -0.4 is 0 Å². The number of ketones is 2. The number of nitrogens with zero attached hydrogens (tertiary/aromatic N) is 3. The lowest BCUT2D eigenvalue weighted by Crippen LogP contribution is -2.10. The number of aromatic nitrogens is 2. The van der Waals surface area contributed by atoms with Crippen LogP contribution in [-0.4, -0.2) is 21.3 Å². The van der Waals surface area contributed by atoms with Crippen molar-refractivity contribution in [3.8, 4) is 11.8 Å². The molecule has 0 spiro atoms. The molecule has 0 bridgehead atoms. The maximum absolute atomic E-state index is 13.1. The van der Waals surface area contributed by atoms with E-state index in [4.69, 9.17) is 5.26 Å². The highest BCUT2D eigenvalue weighted by Gasteiger charge is 2.24. The molecule has 0 radical (unpaired) electrons. The molecule has 0 aliphatic heterocycles. The zero-order chi connectivity index (χ0) is 20.2. The highest BCUT2D eigenvalue weighted by atomic mass is 16.1. The molecule has 4 rings (SSSR count). The van der Waals surface area contributed by atoms with Crippen LogP contribution in [0.1, 0.15) is 37.5 Å². The van der Waals surface area contributed by atoms with Crippen LogP contribution in [0.5, 0.6) is 0 Å². The van der Waals surface area contributed by atoms with E-state index < -0.39 is 0 Å². The van der Waals surface area contributed by atoms with Gasteiger partial charge in [-0.1, -0.05) is 60.7 Å². The molecule has 0 aliphatic rings. The van der Waals surface area contributed by atoms with E-state index in [1.54, 1.807) is 79.0 Å². The Bertz CT molecular complexity index is 1150. The molecule has 0 aliphatic carbocycles. The second-order valence-corrected chi connectivity index (χ2v) is 6.38. The van der Waals surface area contributed by atoms with E-state index in [0.717, 1.165) is 0 Å². The highest BCUT2D eigenvalue weighted by molar-refractivity contribution is 6.18. The maximum atomic E-state index is 13.1. The molecule has 0 unspecified atom stereocenters. The van der Waals surface area contributed by atoms with Crippen molar-refractivity contribution in [2.75, 3.05) is 0 Å². The SMILES string of the molecule is N#Cc1ccc(-n2cc(C(=O)c3ccccc3)c(C(=O)c3ccccc3)n2)cc1. The maximum Gasteiger partial charge on any atom is 0.214 e. The number of benzene rings is 3. The first kappa shape index (κ1) is 18.1. The van der Waals surface area contributed by atoms with Crippen LogP contribution in [0, 0.1) is 11.3 Å². The minimum absolute atomic E-state index is 0.0920. The molecular weight excluding hydrogens is 362 g/mol. The first-order chi connectivity index (χ1) is 14.2. The van der Waals surface area contributed by atoms with Crippen molar-refractivity contribution in [1.29, 1.82) is 5.26 Å². The minimum atomic E-state index is -0.322. The van der Waals surface area contributed by atoms with Gasteiger partial charge in [-0.3, -0.25) is 9.59 Å². The molecule has 3 aromatic carbocycles. The number of carbonyl (C=O) groups excluding carboxylic acids is 2. The Hall–Kier alpha value is -4.30. The number of nitriles is 1. The quantitative estimate of drug-likeness (QED) is 0.488. The molecule has 0 amide bonds. The van der Waals surface area contributed by atoms with Crippen LogP contribution in [0.3, 0.4) is 0 Å². The van der Waals surface area contributed by atoms with Crippen molar-refractivity contribution in [3.05, 3.63) is 119 Å². The summed E-state index contributed by atoms with van der Waals surface area (Å²) < 4.78 is 1.49. The molecule has 29 heavy (non-hydrogen) atoms. The van der Waals surface area contributed by atoms with Crippen LogP contribution in [0.2, 0.25) is 0 Å². The third-order valence-electron chi connectivity index (χ3n) is 4.51. The van der Waals surface area contributed by atoms with Crippen molar-refractivity contribution in [2.45, 2.75) is 0 Å². The van der Waals surface area contributed by atoms with Crippen LogP contribution in [0.25, 0.3) is 5.69 Å². The van der Waals surface area contributed by atoms with E-state index in [1.807, 2.05) is 12.1 Å². The monoisotopic (exact) mass is 377 g/mol. The van der Waals surface area contributed by atoms with Crippen molar-refractivity contribution in [2.24, 2.45) is 0 Å².